The molecule has 138 valence electrons. The maximum Gasteiger partial charge on any atom is 0.278 e. The van der Waals surface area contributed by atoms with Crippen LogP contribution in [0.3, 0.4) is 0 Å². The summed E-state index contributed by atoms with van der Waals surface area (Å²) in [5, 5.41) is 5.96. The van der Waals surface area contributed by atoms with E-state index in [9.17, 15) is 17.6 Å². The van der Waals surface area contributed by atoms with Gasteiger partial charge in [0.25, 0.3) is 5.91 Å². The molecule has 1 aromatic heterocycles. The van der Waals surface area contributed by atoms with Crippen LogP contribution in [0.15, 0.2) is 24.3 Å². The Morgan fingerprint density at radius 1 is 1.19 bits per heavy atom. The fourth-order valence-electron chi connectivity index (χ4n) is 3.89. The molecule has 2 heterocycles. The molecular weight excluding hydrogens is 357 g/mol. The van der Waals surface area contributed by atoms with Crippen molar-refractivity contribution in [1.29, 1.82) is 0 Å². The largest absolute Gasteiger partial charge is 0.321 e. The van der Waals surface area contributed by atoms with Gasteiger partial charge in [-0.25, -0.2) is 12.8 Å². The molecule has 1 fully saturated rings. The van der Waals surface area contributed by atoms with E-state index in [0.717, 1.165) is 36.9 Å². The number of anilines is 1. The molecule has 1 amide bonds. The highest BCUT2D eigenvalue weighted by molar-refractivity contribution is 7.91. The molecular formula is C18H21FN3O3S+. The highest BCUT2D eigenvalue weighted by Gasteiger charge is 2.40. The minimum absolute atomic E-state index is 0.115. The number of carbonyl (C=O) groups is 1. The average Bonchev–Trinajstić information content (AvgIpc) is 3.17. The molecule has 1 aliphatic heterocycles. The van der Waals surface area contributed by atoms with Crippen LogP contribution >= 0.6 is 0 Å². The second kappa shape index (κ2) is 6.50. The van der Waals surface area contributed by atoms with E-state index < -0.39 is 9.84 Å². The van der Waals surface area contributed by atoms with E-state index >= 15 is 0 Å². The summed E-state index contributed by atoms with van der Waals surface area (Å²) < 4.78 is 38.7. The molecule has 1 aromatic carbocycles. The number of hydrogen-bond donors (Lipinski definition) is 2. The number of H-pyrrole nitrogens is 1. The summed E-state index contributed by atoms with van der Waals surface area (Å²) in [6.07, 6.45) is 4.24. The Morgan fingerprint density at radius 3 is 2.62 bits per heavy atom. The second-order valence-electron chi connectivity index (χ2n) is 7.01. The van der Waals surface area contributed by atoms with Gasteiger partial charge in [-0.2, -0.15) is 5.10 Å². The maximum atomic E-state index is 13.0. The minimum Gasteiger partial charge on any atom is -0.321 e. The molecule has 2 aromatic rings. The second-order valence-corrected chi connectivity index (χ2v) is 9.24. The molecule has 8 heteroatoms. The Hall–Kier alpha value is -2.22. The predicted molar refractivity (Wildman–Crippen MR) is 94.3 cm³/mol. The molecule has 0 radical (unpaired) electrons. The normalized spacial score (nSPS) is 21.3. The SMILES string of the molecule is O=C(Nc1ccc(F)cc1)c1[nH][n+]([C@H]2CCS(=O)(=O)C2)c2c1CCCC2. The molecule has 2 N–H and O–H groups in total. The number of sulfone groups is 1. The number of fused-ring (bicyclic) bond motifs is 1. The van der Waals surface area contributed by atoms with E-state index in [1.807, 2.05) is 4.68 Å². The fraction of sp³-hybridized carbons (Fsp3) is 0.444. The highest BCUT2D eigenvalue weighted by Crippen LogP contribution is 2.26. The third kappa shape index (κ3) is 3.25. The first kappa shape index (κ1) is 17.2. The van der Waals surface area contributed by atoms with Gasteiger partial charge in [-0.05, 0) is 43.5 Å². The number of halogens is 1. The van der Waals surface area contributed by atoms with Gasteiger partial charge in [0.05, 0.1) is 11.3 Å². The molecule has 0 saturated carbocycles. The monoisotopic (exact) mass is 378 g/mol. The van der Waals surface area contributed by atoms with E-state index in [-0.39, 0.29) is 29.3 Å². The van der Waals surface area contributed by atoms with Crippen molar-refractivity contribution >= 4 is 21.4 Å². The summed E-state index contributed by atoms with van der Waals surface area (Å²) in [4.78, 5) is 12.8. The van der Waals surface area contributed by atoms with Crippen LogP contribution in [0.25, 0.3) is 0 Å². The van der Waals surface area contributed by atoms with Crippen molar-refractivity contribution in [2.45, 2.75) is 38.1 Å². The summed E-state index contributed by atoms with van der Waals surface area (Å²) in [5.41, 5.74) is 3.02. The van der Waals surface area contributed by atoms with Crippen LogP contribution in [0.5, 0.6) is 0 Å². The number of benzene rings is 1. The molecule has 0 spiro atoms. The summed E-state index contributed by atoms with van der Waals surface area (Å²) in [5.74, 6) is -0.339. The number of aromatic amines is 1. The molecule has 0 unspecified atom stereocenters. The van der Waals surface area contributed by atoms with Crippen molar-refractivity contribution in [3.8, 4) is 0 Å². The number of rotatable bonds is 3. The average molecular weight is 378 g/mol. The number of amides is 1. The zero-order chi connectivity index (χ0) is 18.3. The van der Waals surface area contributed by atoms with Gasteiger partial charge in [0.15, 0.2) is 21.6 Å². The first-order chi connectivity index (χ1) is 12.4. The lowest BCUT2D eigenvalue weighted by atomic mass is 9.95. The third-order valence-electron chi connectivity index (χ3n) is 5.17. The van der Waals surface area contributed by atoms with Gasteiger partial charge < -0.3 is 5.32 Å². The molecule has 2 aliphatic rings. The molecule has 26 heavy (non-hydrogen) atoms. The van der Waals surface area contributed by atoms with Crippen LogP contribution in [-0.2, 0) is 22.7 Å². The van der Waals surface area contributed by atoms with E-state index in [1.165, 1.54) is 24.3 Å². The summed E-state index contributed by atoms with van der Waals surface area (Å²) in [7, 11) is -3.01. The molecule has 6 nitrogen and oxygen atoms in total. The van der Waals surface area contributed by atoms with E-state index in [1.54, 1.807) is 0 Å². The zero-order valence-corrected chi connectivity index (χ0v) is 15.1. The number of hydrogen-bond acceptors (Lipinski definition) is 3. The highest BCUT2D eigenvalue weighted by atomic mass is 32.2. The maximum absolute atomic E-state index is 13.0. The smallest absolute Gasteiger partial charge is 0.278 e. The third-order valence-corrected chi connectivity index (χ3v) is 6.92. The van der Waals surface area contributed by atoms with Crippen LogP contribution in [-0.4, -0.2) is 30.9 Å². The number of nitrogens with one attached hydrogen (secondary N) is 2. The number of carbonyl (C=O) groups excluding carboxylic acids is 1. The lowest BCUT2D eigenvalue weighted by Gasteiger charge is -2.09. The lowest BCUT2D eigenvalue weighted by Crippen LogP contribution is -2.46. The van der Waals surface area contributed by atoms with Gasteiger partial charge in [0.1, 0.15) is 11.6 Å². The Bertz CT molecular complexity index is 951. The van der Waals surface area contributed by atoms with Gasteiger partial charge in [-0.1, -0.05) is 0 Å². The molecule has 4 rings (SSSR count). The standard InChI is InChI=1S/C18H20FN3O3S/c19-12-5-7-13(8-6-12)20-18(23)17-15-3-1-2-4-16(15)22(21-17)14-9-10-26(24,25)11-14/h5-8,14H,1-4,9-11H2,(H,20,23)/p+1/t14-/m0/s1. The van der Waals surface area contributed by atoms with Crippen molar-refractivity contribution in [3.63, 3.8) is 0 Å². The van der Waals surface area contributed by atoms with Crippen LogP contribution in [0, 0.1) is 5.82 Å². The Balaban J connectivity index is 1.65. The van der Waals surface area contributed by atoms with Gasteiger partial charge in [0.2, 0.25) is 5.69 Å². The van der Waals surface area contributed by atoms with Crippen molar-refractivity contribution in [2.75, 3.05) is 16.8 Å². The Labute approximate surface area is 151 Å². The van der Waals surface area contributed by atoms with Gasteiger partial charge in [-0.15, -0.1) is 4.68 Å². The van der Waals surface area contributed by atoms with Gasteiger partial charge >= 0.3 is 0 Å². The summed E-state index contributed by atoms with van der Waals surface area (Å²) in [6.45, 7) is 0. The van der Waals surface area contributed by atoms with Crippen molar-refractivity contribution in [1.82, 2.24) is 5.10 Å². The van der Waals surface area contributed by atoms with Crippen LogP contribution in [0.2, 0.25) is 0 Å². The Morgan fingerprint density at radius 2 is 1.92 bits per heavy atom. The molecule has 1 aliphatic carbocycles. The zero-order valence-electron chi connectivity index (χ0n) is 14.3. The number of aromatic nitrogens is 2. The van der Waals surface area contributed by atoms with Crippen molar-refractivity contribution in [2.24, 2.45) is 0 Å². The van der Waals surface area contributed by atoms with E-state index in [2.05, 4.69) is 10.4 Å². The number of nitrogens with zero attached hydrogens (tertiary/aromatic N) is 1. The quantitative estimate of drug-likeness (QED) is 0.801. The predicted octanol–water partition coefficient (Wildman–Crippen LogP) is 1.93. The summed E-state index contributed by atoms with van der Waals surface area (Å²) >= 11 is 0. The van der Waals surface area contributed by atoms with Crippen LogP contribution in [0.1, 0.15) is 47.1 Å². The Kier molecular flexibility index (Phi) is 4.30. The van der Waals surface area contributed by atoms with Crippen LogP contribution in [0.4, 0.5) is 10.1 Å². The topological polar surface area (TPSA) is 82.9 Å². The van der Waals surface area contributed by atoms with Crippen molar-refractivity contribution in [3.05, 3.63) is 47.0 Å². The van der Waals surface area contributed by atoms with Crippen molar-refractivity contribution < 1.29 is 22.3 Å². The molecule has 0 bridgehead atoms. The lowest BCUT2D eigenvalue weighted by molar-refractivity contribution is -0.775. The first-order valence-corrected chi connectivity index (χ1v) is 10.7. The molecule has 1 atom stereocenters. The fourth-order valence-corrected chi connectivity index (χ4v) is 5.59. The van der Waals surface area contributed by atoms with Gasteiger partial charge in [0, 0.05) is 18.5 Å². The van der Waals surface area contributed by atoms with E-state index in [0.29, 0.717) is 17.8 Å². The van der Waals surface area contributed by atoms with E-state index in [4.69, 9.17) is 0 Å². The minimum atomic E-state index is -3.01. The molecule has 1 saturated heterocycles. The summed E-state index contributed by atoms with van der Waals surface area (Å²) in [6, 6.07) is 5.48. The first-order valence-electron chi connectivity index (χ1n) is 8.85. The van der Waals surface area contributed by atoms with Gasteiger partial charge in [-0.3, -0.25) is 4.79 Å². The van der Waals surface area contributed by atoms with Crippen LogP contribution < -0.4 is 10.00 Å².